The molecule has 0 aliphatic rings. The van der Waals surface area contributed by atoms with E-state index in [-0.39, 0.29) is 6.10 Å². The first-order chi connectivity index (χ1) is 6.61. The summed E-state index contributed by atoms with van der Waals surface area (Å²) in [6.45, 7) is 5.02. The molecule has 3 heteroatoms. The fraction of sp³-hybridized carbons (Fsp3) is 0.364. The van der Waals surface area contributed by atoms with Crippen molar-refractivity contribution in [1.82, 2.24) is 0 Å². The second kappa shape index (κ2) is 5.23. The van der Waals surface area contributed by atoms with Crippen LogP contribution in [-0.2, 0) is 6.42 Å². The third-order valence-electron chi connectivity index (χ3n) is 1.63. The predicted octanol–water partition coefficient (Wildman–Crippen LogP) is 3.20. The Labute approximate surface area is 89.5 Å². The number of halogens is 1. The molecule has 0 atom stereocenters. The molecule has 0 aliphatic carbocycles. The maximum absolute atomic E-state index is 8.67. The molecule has 14 heavy (non-hydrogen) atoms. The zero-order valence-corrected chi connectivity index (χ0v) is 9.08. The highest BCUT2D eigenvalue weighted by Gasteiger charge is 2.02. The van der Waals surface area contributed by atoms with E-state index in [4.69, 9.17) is 21.4 Å². The van der Waals surface area contributed by atoms with E-state index in [1.165, 1.54) is 0 Å². The first-order valence-electron chi connectivity index (χ1n) is 4.54. The van der Waals surface area contributed by atoms with Crippen LogP contribution in [0, 0.1) is 6.61 Å². The Morgan fingerprint density at radius 1 is 1.43 bits per heavy atom. The van der Waals surface area contributed by atoms with Crippen LogP contribution < -0.4 is 4.74 Å². The van der Waals surface area contributed by atoms with Crippen LogP contribution in [0.5, 0.6) is 5.75 Å². The maximum atomic E-state index is 8.67. The molecule has 0 amide bonds. The minimum absolute atomic E-state index is 0.124. The average molecular weight is 214 g/mol. The van der Waals surface area contributed by atoms with Gasteiger partial charge in [0.2, 0.25) is 0 Å². The fourth-order valence-electron chi connectivity index (χ4n) is 1.18. The van der Waals surface area contributed by atoms with Crippen LogP contribution in [0.1, 0.15) is 19.4 Å². The molecule has 0 fully saturated rings. The van der Waals surface area contributed by atoms with Crippen LogP contribution in [0.3, 0.4) is 0 Å². The first kappa shape index (κ1) is 11.3. The van der Waals surface area contributed by atoms with E-state index in [2.05, 4.69) is 0 Å². The van der Waals surface area contributed by atoms with E-state index >= 15 is 0 Å². The van der Waals surface area contributed by atoms with Gasteiger partial charge in [-0.2, -0.15) is 0 Å². The maximum Gasteiger partial charge on any atom is 0.121 e. The number of aliphatic hydroxyl groups is 1. The van der Waals surface area contributed by atoms with Crippen molar-refractivity contribution >= 4 is 11.6 Å². The van der Waals surface area contributed by atoms with Crippen molar-refractivity contribution in [3.63, 3.8) is 0 Å². The quantitative estimate of drug-likeness (QED) is 0.833. The number of ether oxygens (including phenoxy) is 1. The lowest BCUT2D eigenvalue weighted by Gasteiger charge is -2.11. The molecule has 1 radical (unpaired) electrons. The molecule has 77 valence electrons. The van der Waals surface area contributed by atoms with Gasteiger partial charge in [-0.15, -0.1) is 0 Å². The van der Waals surface area contributed by atoms with Crippen molar-refractivity contribution in [2.24, 2.45) is 0 Å². The molecule has 0 heterocycles. The van der Waals surface area contributed by atoms with Gasteiger partial charge in [-0.1, -0.05) is 11.6 Å². The second-order valence-electron chi connectivity index (χ2n) is 3.35. The summed E-state index contributed by atoms with van der Waals surface area (Å²) in [5.74, 6) is 0.740. The molecular formula is C11H14ClO2. The predicted molar refractivity (Wildman–Crippen MR) is 57.2 cm³/mol. The van der Waals surface area contributed by atoms with Crippen LogP contribution in [-0.4, -0.2) is 11.2 Å². The number of benzene rings is 1. The van der Waals surface area contributed by atoms with Crippen molar-refractivity contribution in [1.29, 1.82) is 0 Å². The molecule has 0 saturated carbocycles. The summed E-state index contributed by atoms with van der Waals surface area (Å²) in [6, 6.07) is 5.45. The molecule has 1 rings (SSSR count). The molecule has 1 aromatic carbocycles. The van der Waals surface area contributed by atoms with E-state index < -0.39 is 0 Å². The van der Waals surface area contributed by atoms with Gasteiger partial charge in [0.25, 0.3) is 0 Å². The van der Waals surface area contributed by atoms with Crippen molar-refractivity contribution in [2.45, 2.75) is 26.4 Å². The first-order valence-corrected chi connectivity index (χ1v) is 4.91. The Kier molecular flexibility index (Phi) is 4.23. The summed E-state index contributed by atoms with van der Waals surface area (Å²) in [6.07, 6.45) is 0.606. The van der Waals surface area contributed by atoms with Gasteiger partial charge in [0.05, 0.1) is 12.7 Å². The highest BCUT2D eigenvalue weighted by atomic mass is 35.5. The summed E-state index contributed by atoms with van der Waals surface area (Å²) in [4.78, 5) is 0. The van der Waals surface area contributed by atoms with Crippen LogP contribution in [0.4, 0.5) is 0 Å². The Morgan fingerprint density at radius 3 is 2.71 bits per heavy atom. The molecule has 0 spiro atoms. The van der Waals surface area contributed by atoms with E-state index in [1.807, 2.05) is 26.0 Å². The lowest BCUT2D eigenvalue weighted by molar-refractivity contribution is 0.242. The smallest absolute Gasteiger partial charge is 0.121 e. The second-order valence-corrected chi connectivity index (χ2v) is 3.78. The zero-order chi connectivity index (χ0) is 10.6. The minimum Gasteiger partial charge on any atom is -0.491 e. The summed E-state index contributed by atoms with van der Waals surface area (Å²) in [5, 5.41) is 9.30. The van der Waals surface area contributed by atoms with Crippen LogP contribution in [0.25, 0.3) is 0 Å². The summed E-state index contributed by atoms with van der Waals surface area (Å²) < 4.78 is 5.50. The third kappa shape index (κ3) is 3.56. The van der Waals surface area contributed by atoms with Crippen molar-refractivity contribution < 1.29 is 9.84 Å². The van der Waals surface area contributed by atoms with Crippen LogP contribution in [0.2, 0.25) is 5.02 Å². The van der Waals surface area contributed by atoms with Gasteiger partial charge in [0.1, 0.15) is 5.75 Å². The molecule has 0 bridgehead atoms. The van der Waals surface area contributed by atoms with Gasteiger partial charge in [0, 0.05) is 11.4 Å². The van der Waals surface area contributed by atoms with Gasteiger partial charge >= 0.3 is 0 Å². The molecule has 2 nitrogen and oxygen atoms in total. The van der Waals surface area contributed by atoms with Crippen molar-refractivity contribution in [3.05, 3.63) is 35.4 Å². The summed E-state index contributed by atoms with van der Waals surface area (Å²) in [7, 11) is 0. The van der Waals surface area contributed by atoms with E-state index in [1.54, 1.807) is 6.07 Å². The van der Waals surface area contributed by atoms with Crippen molar-refractivity contribution in [3.8, 4) is 5.75 Å². The highest BCUT2D eigenvalue weighted by Crippen LogP contribution is 2.22. The number of rotatable bonds is 4. The third-order valence-corrected chi connectivity index (χ3v) is 1.85. The average Bonchev–Trinajstić information content (AvgIpc) is 2.01. The normalized spacial score (nSPS) is 10.6. The van der Waals surface area contributed by atoms with Gasteiger partial charge in [0.15, 0.2) is 0 Å². The lowest BCUT2D eigenvalue weighted by atomic mass is 10.1. The van der Waals surface area contributed by atoms with Crippen LogP contribution >= 0.6 is 11.6 Å². The van der Waals surface area contributed by atoms with E-state index in [0.717, 1.165) is 17.9 Å². The monoisotopic (exact) mass is 213 g/mol. The molecule has 0 saturated heterocycles. The Bertz CT molecular complexity index is 297. The van der Waals surface area contributed by atoms with Crippen molar-refractivity contribution in [2.75, 3.05) is 0 Å². The van der Waals surface area contributed by atoms with Gasteiger partial charge in [-0.05, 0) is 37.6 Å². The zero-order valence-electron chi connectivity index (χ0n) is 8.33. The fourth-order valence-corrected chi connectivity index (χ4v) is 1.43. The van der Waals surface area contributed by atoms with Gasteiger partial charge < -0.3 is 9.84 Å². The number of hydrogen-bond donors (Lipinski definition) is 1. The lowest BCUT2D eigenvalue weighted by Crippen LogP contribution is -2.05. The Hall–Kier alpha value is -0.730. The number of aliphatic hydroxyl groups excluding tert-OH is 1. The summed E-state index contributed by atoms with van der Waals surface area (Å²) >= 11 is 5.89. The number of hydrogen-bond acceptors (Lipinski definition) is 2. The minimum atomic E-state index is 0.124. The molecule has 0 aromatic heterocycles. The SMILES string of the molecule is CC(C)Oc1cc(Cl)cc(C[CH]O)c1. The van der Waals surface area contributed by atoms with E-state index in [9.17, 15) is 0 Å². The van der Waals surface area contributed by atoms with Crippen LogP contribution in [0.15, 0.2) is 18.2 Å². The highest BCUT2D eigenvalue weighted by molar-refractivity contribution is 6.30. The Balaban J connectivity index is 2.83. The topological polar surface area (TPSA) is 29.5 Å². The molecular weight excluding hydrogens is 200 g/mol. The molecule has 0 unspecified atom stereocenters. The van der Waals surface area contributed by atoms with Gasteiger partial charge in [-0.25, -0.2) is 0 Å². The largest absolute Gasteiger partial charge is 0.491 e. The molecule has 1 N–H and O–H groups in total. The van der Waals surface area contributed by atoms with E-state index in [0.29, 0.717) is 11.4 Å². The Morgan fingerprint density at radius 2 is 2.14 bits per heavy atom. The van der Waals surface area contributed by atoms with Gasteiger partial charge in [-0.3, -0.25) is 0 Å². The standard InChI is InChI=1S/C11H14ClO2/c1-8(2)14-11-6-9(3-4-13)5-10(12)7-11/h4-8,13H,3H2,1-2H3. The molecule has 0 aliphatic heterocycles. The summed E-state index contributed by atoms with van der Waals surface area (Å²) in [5.41, 5.74) is 0.940. The molecule has 1 aromatic rings.